The molecule has 1 aliphatic heterocycles. The van der Waals surface area contributed by atoms with E-state index in [1.807, 2.05) is 0 Å². The summed E-state index contributed by atoms with van der Waals surface area (Å²) in [5.41, 5.74) is -0.0255. The summed E-state index contributed by atoms with van der Waals surface area (Å²) in [6, 6.07) is 0. The molecule has 19 heavy (non-hydrogen) atoms. The summed E-state index contributed by atoms with van der Waals surface area (Å²) < 4.78 is 0. The second kappa shape index (κ2) is 6.39. The molecule has 0 bridgehead atoms. The van der Waals surface area contributed by atoms with Crippen LogP contribution in [-0.4, -0.2) is 30.8 Å². The summed E-state index contributed by atoms with van der Waals surface area (Å²) in [6.45, 7) is 10.4. The number of aldehydes is 1. The van der Waals surface area contributed by atoms with Crippen LogP contribution in [0.25, 0.3) is 0 Å². The van der Waals surface area contributed by atoms with Crippen LogP contribution in [0.4, 0.5) is 0 Å². The van der Waals surface area contributed by atoms with Crippen molar-refractivity contribution in [2.45, 2.75) is 59.3 Å². The maximum Gasteiger partial charge on any atom is 0.127 e. The van der Waals surface area contributed by atoms with Crippen LogP contribution in [0.1, 0.15) is 59.3 Å². The lowest BCUT2D eigenvalue weighted by molar-refractivity contribution is -0.120. The van der Waals surface area contributed by atoms with Crippen molar-refractivity contribution in [2.75, 3.05) is 19.6 Å². The van der Waals surface area contributed by atoms with Crippen LogP contribution >= 0.6 is 0 Å². The maximum absolute atomic E-state index is 11.6. The number of carbonyl (C=O) groups is 1. The lowest BCUT2D eigenvalue weighted by atomic mass is 9.70. The summed E-state index contributed by atoms with van der Waals surface area (Å²) >= 11 is 0. The summed E-state index contributed by atoms with van der Waals surface area (Å²) in [7, 11) is 0. The highest BCUT2D eigenvalue weighted by atomic mass is 16.1. The second-order valence-corrected chi connectivity index (χ2v) is 7.54. The maximum atomic E-state index is 11.6. The van der Waals surface area contributed by atoms with Gasteiger partial charge in [0.25, 0.3) is 0 Å². The minimum absolute atomic E-state index is 0.0255. The minimum Gasteiger partial charge on any atom is -0.303 e. The van der Waals surface area contributed by atoms with E-state index >= 15 is 0 Å². The van der Waals surface area contributed by atoms with E-state index in [0.29, 0.717) is 0 Å². The SMILES string of the molecule is CC1CCCC(C=O)(CN2CCC(C(C)C)CC2)C1. The van der Waals surface area contributed by atoms with E-state index < -0.39 is 0 Å². The van der Waals surface area contributed by atoms with E-state index in [4.69, 9.17) is 0 Å². The third-order valence-electron chi connectivity index (χ3n) is 5.49. The molecule has 2 rings (SSSR count). The van der Waals surface area contributed by atoms with Crippen LogP contribution in [0.15, 0.2) is 0 Å². The Morgan fingerprint density at radius 2 is 1.95 bits per heavy atom. The van der Waals surface area contributed by atoms with E-state index in [1.54, 1.807) is 0 Å². The molecule has 2 aliphatic rings. The van der Waals surface area contributed by atoms with Crippen molar-refractivity contribution in [2.24, 2.45) is 23.2 Å². The van der Waals surface area contributed by atoms with Crippen LogP contribution in [0.3, 0.4) is 0 Å². The fourth-order valence-corrected chi connectivity index (χ4v) is 4.21. The molecule has 2 nitrogen and oxygen atoms in total. The van der Waals surface area contributed by atoms with E-state index in [-0.39, 0.29) is 5.41 Å². The molecule has 2 heteroatoms. The van der Waals surface area contributed by atoms with E-state index in [9.17, 15) is 4.79 Å². The number of piperidine rings is 1. The van der Waals surface area contributed by atoms with Crippen molar-refractivity contribution in [3.8, 4) is 0 Å². The van der Waals surface area contributed by atoms with Gasteiger partial charge in [-0.2, -0.15) is 0 Å². The highest BCUT2D eigenvalue weighted by molar-refractivity contribution is 5.60. The Hall–Kier alpha value is -0.370. The molecule has 0 radical (unpaired) electrons. The van der Waals surface area contributed by atoms with Gasteiger partial charge in [-0.25, -0.2) is 0 Å². The fourth-order valence-electron chi connectivity index (χ4n) is 4.21. The Morgan fingerprint density at radius 1 is 1.26 bits per heavy atom. The summed E-state index contributed by atoms with van der Waals surface area (Å²) in [5, 5.41) is 0. The van der Waals surface area contributed by atoms with Gasteiger partial charge >= 0.3 is 0 Å². The quantitative estimate of drug-likeness (QED) is 0.722. The van der Waals surface area contributed by atoms with Crippen LogP contribution in [0, 0.1) is 23.2 Å². The zero-order chi connectivity index (χ0) is 13.9. The van der Waals surface area contributed by atoms with Crippen molar-refractivity contribution in [1.82, 2.24) is 4.90 Å². The first kappa shape index (κ1) is 15.0. The fraction of sp³-hybridized carbons (Fsp3) is 0.941. The van der Waals surface area contributed by atoms with Gasteiger partial charge < -0.3 is 9.69 Å². The lowest BCUT2D eigenvalue weighted by Gasteiger charge is -2.42. The molecule has 0 spiro atoms. The van der Waals surface area contributed by atoms with Crippen LogP contribution in [0.5, 0.6) is 0 Å². The number of hydrogen-bond acceptors (Lipinski definition) is 2. The van der Waals surface area contributed by atoms with E-state index in [1.165, 1.54) is 45.1 Å². The topological polar surface area (TPSA) is 20.3 Å². The number of likely N-dealkylation sites (tertiary alicyclic amines) is 1. The summed E-state index contributed by atoms with van der Waals surface area (Å²) in [5.74, 6) is 2.44. The van der Waals surface area contributed by atoms with Gasteiger partial charge in [-0.3, -0.25) is 0 Å². The van der Waals surface area contributed by atoms with Crippen LogP contribution in [-0.2, 0) is 4.79 Å². The molecular formula is C17H31NO. The zero-order valence-corrected chi connectivity index (χ0v) is 13.0. The molecule has 1 saturated heterocycles. The lowest BCUT2D eigenvalue weighted by Crippen LogP contribution is -2.45. The monoisotopic (exact) mass is 265 g/mol. The largest absolute Gasteiger partial charge is 0.303 e. The van der Waals surface area contributed by atoms with Gasteiger partial charge in [-0.15, -0.1) is 0 Å². The predicted molar refractivity (Wildman–Crippen MR) is 80.1 cm³/mol. The van der Waals surface area contributed by atoms with Gasteiger partial charge in [0.2, 0.25) is 0 Å². The molecule has 0 N–H and O–H groups in total. The van der Waals surface area contributed by atoms with Gasteiger partial charge in [0.15, 0.2) is 0 Å². The van der Waals surface area contributed by atoms with Crippen molar-refractivity contribution in [3.63, 3.8) is 0 Å². The summed E-state index contributed by atoms with van der Waals surface area (Å²) in [4.78, 5) is 14.2. The first-order valence-corrected chi connectivity index (χ1v) is 8.23. The standard InChI is InChI=1S/C17H31NO/c1-14(2)16-6-9-18(10-7-16)12-17(13-19)8-4-5-15(3)11-17/h13-16H,4-12H2,1-3H3. The normalized spacial score (nSPS) is 34.6. The highest BCUT2D eigenvalue weighted by Crippen LogP contribution is 2.39. The first-order chi connectivity index (χ1) is 9.04. The van der Waals surface area contributed by atoms with Gasteiger partial charge in [0, 0.05) is 12.0 Å². The molecule has 0 aromatic heterocycles. The molecule has 0 amide bonds. The molecule has 2 fully saturated rings. The van der Waals surface area contributed by atoms with Crippen molar-refractivity contribution in [3.05, 3.63) is 0 Å². The Bertz CT molecular complexity index is 294. The van der Waals surface area contributed by atoms with Gasteiger partial charge in [-0.05, 0) is 56.5 Å². The third kappa shape index (κ3) is 3.81. The highest BCUT2D eigenvalue weighted by Gasteiger charge is 2.37. The van der Waals surface area contributed by atoms with Gasteiger partial charge in [-0.1, -0.05) is 33.6 Å². The molecule has 1 saturated carbocycles. The van der Waals surface area contributed by atoms with E-state index in [0.717, 1.165) is 37.1 Å². The van der Waals surface area contributed by atoms with Crippen molar-refractivity contribution >= 4 is 6.29 Å². The van der Waals surface area contributed by atoms with E-state index in [2.05, 4.69) is 25.7 Å². The summed E-state index contributed by atoms with van der Waals surface area (Å²) in [6.07, 6.45) is 8.71. The average molecular weight is 265 g/mol. The Morgan fingerprint density at radius 3 is 2.47 bits per heavy atom. The average Bonchev–Trinajstić information content (AvgIpc) is 2.39. The van der Waals surface area contributed by atoms with Crippen LogP contribution < -0.4 is 0 Å². The molecular weight excluding hydrogens is 234 g/mol. The second-order valence-electron chi connectivity index (χ2n) is 7.54. The Labute approximate surface area is 118 Å². The van der Waals surface area contributed by atoms with Crippen molar-refractivity contribution < 1.29 is 4.79 Å². The van der Waals surface area contributed by atoms with Crippen molar-refractivity contribution in [1.29, 1.82) is 0 Å². The first-order valence-electron chi connectivity index (χ1n) is 8.23. The number of carbonyl (C=O) groups excluding carboxylic acids is 1. The Kier molecular flexibility index (Phi) is 5.05. The van der Waals surface area contributed by atoms with Gasteiger partial charge in [0.1, 0.15) is 6.29 Å². The molecule has 110 valence electrons. The third-order valence-corrected chi connectivity index (χ3v) is 5.49. The molecule has 1 heterocycles. The molecule has 0 aromatic carbocycles. The Balaban J connectivity index is 1.88. The number of nitrogens with zero attached hydrogens (tertiary/aromatic N) is 1. The van der Waals surface area contributed by atoms with Gasteiger partial charge in [0.05, 0.1) is 0 Å². The molecule has 2 unspecified atom stereocenters. The predicted octanol–water partition coefficient (Wildman–Crippen LogP) is 3.75. The number of hydrogen-bond donors (Lipinski definition) is 0. The smallest absolute Gasteiger partial charge is 0.127 e. The van der Waals surface area contributed by atoms with Crippen LogP contribution in [0.2, 0.25) is 0 Å². The molecule has 1 aliphatic carbocycles. The zero-order valence-electron chi connectivity index (χ0n) is 13.0. The molecule has 0 aromatic rings. The molecule has 2 atom stereocenters. The minimum atomic E-state index is -0.0255. The number of rotatable bonds is 4.